The molecule has 0 aromatic rings. The van der Waals surface area contributed by atoms with Crippen LogP contribution in [0.3, 0.4) is 0 Å². The zero-order chi connectivity index (χ0) is 12.9. The van der Waals surface area contributed by atoms with Gasteiger partial charge in [-0.2, -0.15) is 8.78 Å². The number of carboxylic acid groups (broad SMARTS) is 1. The van der Waals surface area contributed by atoms with Crippen molar-refractivity contribution < 1.29 is 27.9 Å². The van der Waals surface area contributed by atoms with Gasteiger partial charge in [0.25, 0.3) is 0 Å². The summed E-state index contributed by atoms with van der Waals surface area (Å²) in [5.41, 5.74) is -2.91. The van der Waals surface area contributed by atoms with Crippen LogP contribution in [0.25, 0.3) is 0 Å². The maximum atomic E-state index is 12.7. The Hall–Kier alpha value is -0.630. The van der Waals surface area contributed by atoms with Crippen molar-refractivity contribution in [1.29, 1.82) is 0 Å². The molecule has 1 amide bonds. The summed E-state index contributed by atoms with van der Waals surface area (Å²) < 4.78 is 37.5. The van der Waals surface area contributed by atoms with Crippen LogP contribution in [0.15, 0.2) is 0 Å². The molecule has 2 atom stereocenters. The van der Waals surface area contributed by atoms with E-state index in [-0.39, 0.29) is 11.8 Å². The number of carbonyl (C=O) groups excluding carboxylic acids is 1. The molecule has 0 saturated heterocycles. The molecule has 0 aliphatic carbocycles. The molecule has 0 bridgehead atoms. The van der Waals surface area contributed by atoms with Crippen molar-refractivity contribution in [2.45, 2.75) is 23.9 Å². The van der Waals surface area contributed by atoms with Gasteiger partial charge in [-0.15, -0.1) is 0 Å². The zero-order valence-electron chi connectivity index (χ0n) is 8.05. The van der Waals surface area contributed by atoms with Gasteiger partial charge in [-0.1, -0.05) is 23.4 Å². The third kappa shape index (κ3) is 5.45. The average molecular weight is 280 g/mol. The maximum absolute atomic E-state index is 12.7. The fraction of sp³-hybridized carbons (Fsp3) is 0.714. The molecule has 0 fully saturated rings. The third-order valence-corrected chi connectivity index (χ3v) is 2.87. The van der Waals surface area contributed by atoms with Crippen molar-refractivity contribution in [2.75, 3.05) is 5.75 Å². The second-order valence-corrected chi connectivity index (χ2v) is 4.31. The molecule has 0 aromatic carbocycles. The highest BCUT2D eigenvalue weighted by Crippen LogP contribution is 2.36. The van der Waals surface area contributed by atoms with Crippen molar-refractivity contribution in [3.8, 4) is 0 Å². The number of amides is 1. The Morgan fingerprint density at radius 1 is 1.56 bits per heavy atom. The lowest BCUT2D eigenvalue weighted by Gasteiger charge is -2.18. The molecule has 0 heterocycles. The van der Waals surface area contributed by atoms with E-state index in [9.17, 15) is 22.8 Å². The third-order valence-electron chi connectivity index (χ3n) is 1.37. The number of hydrogen-bond donors (Lipinski definition) is 2. The minimum atomic E-state index is -3.90. The second kappa shape index (κ2) is 6.19. The summed E-state index contributed by atoms with van der Waals surface area (Å²) in [6, 6.07) is -1.51. The van der Waals surface area contributed by atoms with Gasteiger partial charge in [0.2, 0.25) is 11.5 Å². The molecule has 4 nitrogen and oxygen atoms in total. The maximum Gasteiger partial charge on any atom is 0.338 e. The lowest BCUT2D eigenvalue weighted by Crippen LogP contribution is -2.42. The molecule has 2 N–H and O–H groups in total. The van der Waals surface area contributed by atoms with E-state index < -0.39 is 34.6 Å². The Labute approximate surface area is 98.5 Å². The van der Waals surface area contributed by atoms with Gasteiger partial charge in [-0.3, -0.25) is 4.79 Å². The average Bonchev–Trinajstić information content (AvgIpc) is 2.10. The molecule has 0 aliphatic rings. The van der Waals surface area contributed by atoms with E-state index in [1.165, 1.54) is 0 Å². The largest absolute Gasteiger partial charge is 0.480 e. The quantitative estimate of drug-likeness (QED) is 0.722. The molecule has 0 saturated carbocycles. The van der Waals surface area contributed by atoms with E-state index in [1.54, 1.807) is 0 Å². The summed E-state index contributed by atoms with van der Waals surface area (Å²) in [5, 5.41) is 6.60. The summed E-state index contributed by atoms with van der Waals surface area (Å²) in [5.74, 6) is -2.85. The fourth-order valence-corrected chi connectivity index (χ4v) is 1.61. The van der Waals surface area contributed by atoms with E-state index in [0.29, 0.717) is 0 Å². The zero-order valence-corrected chi connectivity index (χ0v) is 9.62. The first kappa shape index (κ1) is 15.4. The predicted octanol–water partition coefficient (Wildman–Crippen LogP) is 1.44. The standard InChI is InChI=1S/C7H9ClF3NO3S/c1-3(13)12-4(5(14)15)2-16-7(10,11)6(8)9/h4,6H,2H2,1H3,(H,12,13)(H,14,15). The number of aliphatic carboxylic acids is 1. The van der Waals surface area contributed by atoms with Gasteiger partial charge < -0.3 is 10.4 Å². The highest BCUT2D eigenvalue weighted by molar-refractivity contribution is 8.00. The molecule has 16 heavy (non-hydrogen) atoms. The first-order chi connectivity index (χ1) is 7.16. The molecule has 2 unspecified atom stereocenters. The fourth-order valence-electron chi connectivity index (χ4n) is 0.677. The van der Waals surface area contributed by atoms with Crippen LogP contribution in [0.5, 0.6) is 0 Å². The number of hydrogen-bond acceptors (Lipinski definition) is 3. The van der Waals surface area contributed by atoms with Gasteiger partial charge in [0.15, 0.2) is 0 Å². The van der Waals surface area contributed by atoms with Crippen LogP contribution in [0.4, 0.5) is 13.2 Å². The van der Waals surface area contributed by atoms with Crippen LogP contribution in [-0.4, -0.2) is 39.7 Å². The van der Waals surface area contributed by atoms with Crippen LogP contribution >= 0.6 is 23.4 Å². The van der Waals surface area contributed by atoms with Gasteiger partial charge in [0.05, 0.1) is 0 Å². The number of thioether (sulfide) groups is 1. The lowest BCUT2D eigenvalue weighted by atomic mass is 10.3. The van der Waals surface area contributed by atoms with Crippen LogP contribution in [0.1, 0.15) is 6.92 Å². The van der Waals surface area contributed by atoms with Crippen LogP contribution in [0, 0.1) is 0 Å². The smallest absolute Gasteiger partial charge is 0.338 e. The van der Waals surface area contributed by atoms with Crippen molar-refractivity contribution in [3.63, 3.8) is 0 Å². The highest BCUT2D eigenvalue weighted by atomic mass is 35.5. The van der Waals surface area contributed by atoms with E-state index >= 15 is 0 Å². The van der Waals surface area contributed by atoms with Gasteiger partial charge in [-0.05, 0) is 0 Å². The van der Waals surface area contributed by atoms with Crippen LogP contribution < -0.4 is 5.32 Å². The SMILES string of the molecule is CC(=O)NC(CSC(F)(F)C(F)Cl)C(=O)O. The monoisotopic (exact) mass is 279 g/mol. The summed E-state index contributed by atoms with van der Waals surface area (Å²) >= 11 is 4.30. The Balaban J connectivity index is 4.33. The highest BCUT2D eigenvalue weighted by Gasteiger charge is 2.40. The molecule has 9 heteroatoms. The summed E-state index contributed by atoms with van der Waals surface area (Å²) in [6.45, 7) is 1.04. The number of nitrogens with one attached hydrogen (secondary N) is 1. The van der Waals surface area contributed by atoms with Crippen molar-refractivity contribution >= 4 is 35.2 Å². The normalized spacial score (nSPS) is 15.3. The molecule has 0 radical (unpaired) electrons. The van der Waals surface area contributed by atoms with Gasteiger partial charge in [-0.25, -0.2) is 9.18 Å². The number of halogens is 4. The minimum Gasteiger partial charge on any atom is -0.480 e. The van der Waals surface area contributed by atoms with Gasteiger partial charge in [0.1, 0.15) is 6.04 Å². The number of carbonyl (C=O) groups is 2. The first-order valence-corrected chi connectivity index (χ1v) is 5.39. The Morgan fingerprint density at radius 3 is 2.38 bits per heavy atom. The Morgan fingerprint density at radius 2 is 2.06 bits per heavy atom. The van der Waals surface area contributed by atoms with Crippen LogP contribution in [-0.2, 0) is 9.59 Å². The number of carboxylic acids is 1. The molecule has 0 aliphatic heterocycles. The molecular weight excluding hydrogens is 271 g/mol. The predicted molar refractivity (Wildman–Crippen MR) is 53.4 cm³/mol. The summed E-state index contributed by atoms with van der Waals surface area (Å²) in [7, 11) is 0. The summed E-state index contributed by atoms with van der Waals surface area (Å²) in [6.07, 6.45) is 0. The van der Waals surface area contributed by atoms with Crippen molar-refractivity contribution in [1.82, 2.24) is 5.32 Å². The summed E-state index contributed by atoms with van der Waals surface area (Å²) in [4.78, 5) is 21.1. The van der Waals surface area contributed by atoms with Crippen molar-refractivity contribution in [3.05, 3.63) is 0 Å². The van der Waals surface area contributed by atoms with E-state index in [1.807, 2.05) is 5.32 Å². The number of alkyl halides is 4. The van der Waals surface area contributed by atoms with E-state index in [2.05, 4.69) is 11.6 Å². The first-order valence-electron chi connectivity index (χ1n) is 3.96. The molecule has 0 rings (SSSR count). The van der Waals surface area contributed by atoms with Gasteiger partial charge in [0, 0.05) is 12.7 Å². The Kier molecular flexibility index (Phi) is 5.95. The molecule has 94 valence electrons. The molecule has 0 aromatic heterocycles. The van der Waals surface area contributed by atoms with E-state index in [4.69, 9.17) is 5.11 Å². The minimum absolute atomic E-state index is 0.271. The Bertz CT molecular complexity index is 278. The molecular formula is C7H9ClF3NO3S. The van der Waals surface area contributed by atoms with Crippen LogP contribution in [0.2, 0.25) is 0 Å². The van der Waals surface area contributed by atoms with Gasteiger partial charge >= 0.3 is 11.2 Å². The second-order valence-electron chi connectivity index (χ2n) is 2.76. The molecule has 0 spiro atoms. The van der Waals surface area contributed by atoms with Crippen molar-refractivity contribution in [2.24, 2.45) is 0 Å². The van der Waals surface area contributed by atoms with E-state index in [0.717, 1.165) is 6.92 Å². The lowest BCUT2D eigenvalue weighted by molar-refractivity contribution is -0.140. The topological polar surface area (TPSA) is 66.4 Å². The number of rotatable bonds is 6.